The predicted molar refractivity (Wildman–Crippen MR) is 67.4 cm³/mol. The Hall–Kier alpha value is -0.570. The van der Waals surface area contributed by atoms with Crippen LogP contribution in [0.5, 0.6) is 0 Å². The minimum Gasteiger partial charge on any atom is -0.358 e. The third-order valence-corrected chi connectivity index (χ3v) is 5.52. The fourth-order valence-corrected chi connectivity index (χ4v) is 5.17. The van der Waals surface area contributed by atoms with Crippen LogP contribution in [-0.4, -0.2) is 26.0 Å². The fraction of sp³-hybridized carbons (Fsp3) is 0.929. The lowest BCUT2D eigenvalue weighted by Crippen LogP contribution is -2.57. The van der Waals surface area contributed by atoms with Gasteiger partial charge < -0.3 is 10.6 Å². The zero-order chi connectivity index (χ0) is 12.0. The lowest BCUT2D eigenvalue weighted by Gasteiger charge is -2.56. The molecule has 1 atom stereocenters. The molecule has 0 aromatic rings. The van der Waals surface area contributed by atoms with Gasteiger partial charge >= 0.3 is 0 Å². The molecule has 0 aromatic carbocycles. The molecular formula is C14H24N2O. The Morgan fingerprint density at radius 3 is 1.94 bits per heavy atom. The molecule has 0 spiro atoms. The standard InChI is InChI=1S/C14H24N2O/c1-15-13(14(17)16-2)12-10-4-8-3-9(6-10)7-11(12)5-8/h8-13,15H,3-7H2,1-2H3,(H,16,17). The molecule has 0 radical (unpaired) electrons. The monoisotopic (exact) mass is 236 g/mol. The summed E-state index contributed by atoms with van der Waals surface area (Å²) in [5.41, 5.74) is 0. The Kier molecular flexibility index (Phi) is 2.89. The third-order valence-electron chi connectivity index (χ3n) is 5.52. The van der Waals surface area contributed by atoms with Crippen molar-refractivity contribution in [2.45, 2.75) is 38.1 Å². The van der Waals surface area contributed by atoms with Crippen LogP contribution in [0.2, 0.25) is 0 Å². The van der Waals surface area contributed by atoms with Crippen molar-refractivity contribution in [3.8, 4) is 0 Å². The van der Waals surface area contributed by atoms with Crippen molar-refractivity contribution in [3.63, 3.8) is 0 Å². The minimum absolute atomic E-state index is 0.0370. The molecular weight excluding hydrogens is 212 g/mol. The first-order valence-corrected chi connectivity index (χ1v) is 7.11. The van der Waals surface area contributed by atoms with Gasteiger partial charge in [-0.15, -0.1) is 0 Å². The van der Waals surface area contributed by atoms with E-state index in [1.54, 1.807) is 7.05 Å². The van der Waals surface area contributed by atoms with Crippen LogP contribution in [0.4, 0.5) is 0 Å². The fourth-order valence-electron chi connectivity index (χ4n) is 5.17. The number of hydrogen-bond donors (Lipinski definition) is 2. The molecule has 0 heterocycles. The van der Waals surface area contributed by atoms with Gasteiger partial charge in [-0.3, -0.25) is 4.79 Å². The van der Waals surface area contributed by atoms with E-state index < -0.39 is 0 Å². The van der Waals surface area contributed by atoms with Gasteiger partial charge in [-0.25, -0.2) is 0 Å². The predicted octanol–water partition coefficient (Wildman–Crippen LogP) is 1.39. The van der Waals surface area contributed by atoms with Crippen LogP contribution in [0.1, 0.15) is 32.1 Å². The van der Waals surface area contributed by atoms with Gasteiger partial charge in [0, 0.05) is 7.05 Å². The summed E-state index contributed by atoms with van der Waals surface area (Å²) in [6.07, 6.45) is 7.00. The molecule has 2 N–H and O–H groups in total. The van der Waals surface area contributed by atoms with Crippen molar-refractivity contribution in [2.75, 3.05) is 14.1 Å². The maximum atomic E-state index is 12.0. The van der Waals surface area contributed by atoms with Crippen molar-refractivity contribution >= 4 is 5.91 Å². The summed E-state index contributed by atoms with van der Waals surface area (Å²) < 4.78 is 0. The van der Waals surface area contributed by atoms with E-state index in [4.69, 9.17) is 0 Å². The minimum atomic E-state index is 0.0370. The molecule has 0 saturated heterocycles. The summed E-state index contributed by atoms with van der Waals surface area (Å²) in [4.78, 5) is 12.0. The van der Waals surface area contributed by atoms with Crippen LogP contribution >= 0.6 is 0 Å². The highest BCUT2D eigenvalue weighted by molar-refractivity contribution is 5.81. The van der Waals surface area contributed by atoms with Crippen LogP contribution in [-0.2, 0) is 4.79 Å². The molecule has 4 saturated carbocycles. The second-order valence-electron chi connectivity index (χ2n) is 6.39. The van der Waals surface area contributed by atoms with E-state index in [1.165, 1.54) is 32.1 Å². The van der Waals surface area contributed by atoms with Gasteiger partial charge in [-0.2, -0.15) is 0 Å². The molecule has 0 aliphatic heterocycles. The van der Waals surface area contributed by atoms with E-state index in [0.717, 1.165) is 23.7 Å². The first kappa shape index (κ1) is 11.5. The Labute approximate surface area is 104 Å². The van der Waals surface area contributed by atoms with Crippen molar-refractivity contribution in [1.82, 2.24) is 10.6 Å². The number of carbonyl (C=O) groups is 1. The van der Waals surface area contributed by atoms with E-state index in [-0.39, 0.29) is 11.9 Å². The first-order chi connectivity index (χ1) is 8.22. The second-order valence-corrected chi connectivity index (χ2v) is 6.39. The number of rotatable bonds is 3. The van der Waals surface area contributed by atoms with Gasteiger partial charge in [-0.1, -0.05) is 0 Å². The molecule has 3 heteroatoms. The van der Waals surface area contributed by atoms with E-state index in [2.05, 4.69) is 10.6 Å². The first-order valence-electron chi connectivity index (χ1n) is 7.11. The molecule has 17 heavy (non-hydrogen) atoms. The quantitative estimate of drug-likeness (QED) is 0.777. The zero-order valence-electron chi connectivity index (χ0n) is 10.9. The van der Waals surface area contributed by atoms with Crippen molar-refractivity contribution < 1.29 is 4.79 Å². The number of carbonyl (C=O) groups excluding carboxylic acids is 1. The average molecular weight is 236 g/mol. The van der Waals surface area contributed by atoms with E-state index in [1.807, 2.05) is 7.05 Å². The molecule has 4 fully saturated rings. The highest BCUT2D eigenvalue weighted by Gasteiger charge is 2.51. The van der Waals surface area contributed by atoms with E-state index >= 15 is 0 Å². The molecule has 4 aliphatic carbocycles. The summed E-state index contributed by atoms with van der Waals surface area (Å²) in [5, 5.41) is 6.09. The summed E-state index contributed by atoms with van der Waals surface area (Å²) >= 11 is 0. The van der Waals surface area contributed by atoms with E-state index in [0.29, 0.717) is 5.92 Å². The van der Waals surface area contributed by atoms with Gasteiger partial charge in [0.25, 0.3) is 0 Å². The molecule has 4 rings (SSSR count). The maximum Gasteiger partial charge on any atom is 0.237 e. The SMILES string of the molecule is CNC(=O)C(NC)C1C2CC3CC(C2)CC1C3. The summed E-state index contributed by atoms with van der Waals surface area (Å²) in [5.74, 6) is 4.35. The Bertz CT molecular complexity index is 287. The number of amides is 1. The molecule has 1 unspecified atom stereocenters. The van der Waals surface area contributed by atoms with Crippen LogP contribution in [0.25, 0.3) is 0 Å². The van der Waals surface area contributed by atoms with Gasteiger partial charge in [0.05, 0.1) is 6.04 Å². The van der Waals surface area contributed by atoms with Crippen LogP contribution in [0.15, 0.2) is 0 Å². The lowest BCUT2D eigenvalue weighted by molar-refractivity contribution is -0.129. The van der Waals surface area contributed by atoms with Crippen molar-refractivity contribution in [3.05, 3.63) is 0 Å². The maximum absolute atomic E-state index is 12.0. The van der Waals surface area contributed by atoms with Gasteiger partial charge in [-0.05, 0) is 68.7 Å². The summed E-state index contributed by atoms with van der Waals surface area (Å²) in [7, 11) is 3.69. The summed E-state index contributed by atoms with van der Waals surface area (Å²) in [6.45, 7) is 0. The van der Waals surface area contributed by atoms with Gasteiger partial charge in [0.15, 0.2) is 0 Å². The molecule has 96 valence electrons. The molecule has 4 aliphatic rings. The number of hydrogen-bond acceptors (Lipinski definition) is 2. The highest BCUT2D eigenvalue weighted by atomic mass is 16.2. The van der Waals surface area contributed by atoms with E-state index in [9.17, 15) is 4.79 Å². The Morgan fingerprint density at radius 2 is 1.53 bits per heavy atom. The number of nitrogens with one attached hydrogen (secondary N) is 2. The van der Waals surface area contributed by atoms with Crippen LogP contribution in [0.3, 0.4) is 0 Å². The average Bonchev–Trinajstić information content (AvgIpc) is 2.32. The van der Waals surface area contributed by atoms with Gasteiger partial charge in [0.2, 0.25) is 5.91 Å². The molecule has 1 amide bonds. The highest BCUT2D eigenvalue weighted by Crippen LogP contribution is 2.57. The molecule has 0 aromatic heterocycles. The third kappa shape index (κ3) is 1.79. The lowest BCUT2D eigenvalue weighted by atomic mass is 9.50. The normalized spacial score (nSPS) is 44.7. The smallest absolute Gasteiger partial charge is 0.237 e. The van der Waals surface area contributed by atoms with Gasteiger partial charge in [0.1, 0.15) is 0 Å². The summed E-state index contributed by atoms with van der Waals surface area (Å²) in [6, 6.07) is 0.0370. The van der Waals surface area contributed by atoms with Crippen molar-refractivity contribution in [2.24, 2.45) is 29.6 Å². The van der Waals surface area contributed by atoms with Crippen molar-refractivity contribution in [1.29, 1.82) is 0 Å². The topological polar surface area (TPSA) is 41.1 Å². The Balaban J connectivity index is 1.80. The molecule has 4 bridgehead atoms. The Morgan fingerprint density at radius 1 is 1.00 bits per heavy atom. The largest absolute Gasteiger partial charge is 0.358 e. The second kappa shape index (κ2) is 4.27. The van der Waals surface area contributed by atoms with Crippen LogP contribution < -0.4 is 10.6 Å². The molecule has 3 nitrogen and oxygen atoms in total. The van der Waals surface area contributed by atoms with Crippen LogP contribution in [0, 0.1) is 29.6 Å². The number of likely N-dealkylation sites (N-methyl/N-ethyl adjacent to an activating group) is 2. The zero-order valence-corrected chi connectivity index (χ0v) is 10.9.